The molecule has 0 saturated carbocycles. The summed E-state index contributed by atoms with van der Waals surface area (Å²) in [5, 5.41) is 10.0. The summed E-state index contributed by atoms with van der Waals surface area (Å²) in [5.74, 6) is 0.986. The van der Waals surface area contributed by atoms with Crippen molar-refractivity contribution in [3.05, 3.63) is 23.9 Å². The molecule has 1 aliphatic rings. The van der Waals surface area contributed by atoms with Crippen molar-refractivity contribution < 1.29 is 5.11 Å². The standard InChI is InChI=1S/C13H21N3O/c1-13(17)5-2-7-16(8-6-13)12-4-3-11(9-14)10-15-12/h3-4,10,17H,2,5-9,14H2,1H3. The van der Waals surface area contributed by atoms with E-state index in [-0.39, 0.29) is 0 Å². The van der Waals surface area contributed by atoms with E-state index < -0.39 is 5.60 Å². The summed E-state index contributed by atoms with van der Waals surface area (Å²) in [6.45, 7) is 4.27. The quantitative estimate of drug-likeness (QED) is 0.810. The topological polar surface area (TPSA) is 62.4 Å². The predicted octanol–water partition coefficient (Wildman–Crippen LogP) is 1.28. The lowest BCUT2D eigenvalue weighted by Crippen LogP contribution is -2.28. The summed E-state index contributed by atoms with van der Waals surface area (Å²) < 4.78 is 0. The van der Waals surface area contributed by atoms with E-state index in [9.17, 15) is 5.11 Å². The van der Waals surface area contributed by atoms with Gasteiger partial charge in [-0.3, -0.25) is 0 Å². The number of nitrogens with zero attached hydrogens (tertiary/aromatic N) is 2. The molecule has 3 N–H and O–H groups in total. The average molecular weight is 235 g/mol. The van der Waals surface area contributed by atoms with Gasteiger partial charge in [-0.2, -0.15) is 0 Å². The van der Waals surface area contributed by atoms with Crippen molar-refractivity contribution in [2.24, 2.45) is 5.73 Å². The summed E-state index contributed by atoms with van der Waals surface area (Å²) in [6.07, 6.45) is 4.50. The van der Waals surface area contributed by atoms with Crippen LogP contribution in [0, 0.1) is 0 Å². The fourth-order valence-electron chi connectivity index (χ4n) is 2.22. The van der Waals surface area contributed by atoms with Gasteiger partial charge in [-0.1, -0.05) is 6.07 Å². The van der Waals surface area contributed by atoms with Crippen molar-refractivity contribution in [3.63, 3.8) is 0 Å². The van der Waals surface area contributed by atoms with Gasteiger partial charge in [0.25, 0.3) is 0 Å². The van der Waals surface area contributed by atoms with Crippen molar-refractivity contribution >= 4 is 5.82 Å². The molecule has 1 aromatic rings. The molecular weight excluding hydrogens is 214 g/mol. The van der Waals surface area contributed by atoms with Crippen LogP contribution < -0.4 is 10.6 Å². The number of aromatic nitrogens is 1. The molecule has 2 rings (SSSR count). The molecule has 17 heavy (non-hydrogen) atoms. The molecule has 0 radical (unpaired) electrons. The van der Waals surface area contributed by atoms with E-state index >= 15 is 0 Å². The molecule has 1 saturated heterocycles. The van der Waals surface area contributed by atoms with E-state index in [2.05, 4.69) is 9.88 Å². The van der Waals surface area contributed by atoms with Gasteiger partial charge in [0, 0.05) is 25.8 Å². The van der Waals surface area contributed by atoms with Gasteiger partial charge in [0.2, 0.25) is 0 Å². The minimum absolute atomic E-state index is 0.522. The van der Waals surface area contributed by atoms with Crippen molar-refractivity contribution in [1.82, 2.24) is 4.98 Å². The smallest absolute Gasteiger partial charge is 0.128 e. The van der Waals surface area contributed by atoms with Gasteiger partial charge in [0.05, 0.1) is 5.60 Å². The zero-order chi connectivity index (χ0) is 12.3. The van der Waals surface area contributed by atoms with Gasteiger partial charge in [0.1, 0.15) is 5.82 Å². The number of anilines is 1. The van der Waals surface area contributed by atoms with E-state index in [0.29, 0.717) is 6.54 Å². The van der Waals surface area contributed by atoms with Gasteiger partial charge in [-0.15, -0.1) is 0 Å². The highest BCUT2D eigenvalue weighted by Crippen LogP contribution is 2.24. The molecule has 0 spiro atoms. The van der Waals surface area contributed by atoms with Crippen molar-refractivity contribution in [2.75, 3.05) is 18.0 Å². The van der Waals surface area contributed by atoms with Gasteiger partial charge in [-0.05, 0) is 37.8 Å². The van der Waals surface area contributed by atoms with Crippen molar-refractivity contribution in [3.8, 4) is 0 Å². The van der Waals surface area contributed by atoms with E-state index in [1.807, 2.05) is 25.3 Å². The lowest BCUT2D eigenvalue weighted by atomic mass is 9.98. The minimum atomic E-state index is -0.522. The van der Waals surface area contributed by atoms with Crippen molar-refractivity contribution in [1.29, 1.82) is 0 Å². The van der Waals surface area contributed by atoms with Gasteiger partial charge in [-0.25, -0.2) is 4.98 Å². The second-order valence-electron chi connectivity index (χ2n) is 5.07. The largest absolute Gasteiger partial charge is 0.390 e. The number of aliphatic hydroxyl groups is 1. The Bertz CT molecular complexity index is 361. The molecule has 4 heteroatoms. The maximum Gasteiger partial charge on any atom is 0.128 e. The van der Waals surface area contributed by atoms with Crippen LogP contribution in [0.1, 0.15) is 31.7 Å². The summed E-state index contributed by atoms with van der Waals surface area (Å²) in [4.78, 5) is 6.66. The summed E-state index contributed by atoms with van der Waals surface area (Å²) >= 11 is 0. The molecule has 0 aromatic carbocycles. The Labute approximate surface area is 102 Å². The zero-order valence-corrected chi connectivity index (χ0v) is 10.4. The Kier molecular flexibility index (Phi) is 3.64. The Balaban J connectivity index is 2.06. The van der Waals surface area contributed by atoms with E-state index in [1.165, 1.54) is 0 Å². The highest BCUT2D eigenvalue weighted by Gasteiger charge is 2.25. The molecular formula is C13H21N3O. The average Bonchev–Trinajstić information content (AvgIpc) is 2.50. The number of hydrogen-bond donors (Lipinski definition) is 2. The Morgan fingerprint density at radius 3 is 2.88 bits per heavy atom. The number of rotatable bonds is 2. The van der Waals surface area contributed by atoms with Crippen LogP contribution in [0.2, 0.25) is 0 Å². The Morgan fingerprint density at radius 1 is 1.41 bits per heavy atom. The van der Waals surface area contributed by atoms with Crippen molar-refractivity contribution in [2.45, 2.75) is 38.3 Å². The third kappa shape index (κ3) is 3.17. The van der Waals surface area contributed by atoms with Crippen LogP contribution in [-0.4, -0.2) is 28.8 Å². The molecule has 94 valence electrons. The molecule has 1 aliphatic heterocycles. The van der Waals surface area contributed by atoms with Gasteiger partial charge >= 0.3 is 0 Å². The molecule has 1 aromatic heterocycles. The summed E-state index contributed by atoms with van der Waals surface area (Å²) in [5.41, 5.74) is 6.08. The lowest BCUT2D eigenvalue weighted by Gasteiger charge is -2.23. The monoisotopic (exact) mass is 235 g/mol. The number of nitrogens with two attached hydrogens (primary N) is 1. The third-order valence-corrected chi connectivity index (χ3v) is 3.43. The Morgan fingerprint density at radius 2 is 2.24 bits per heavy atom. The molecule has 0 amide bonds. The highest BCUT2D eigenvalue weighted by atomic mass is 16.3. The first-order valence-corrected chi connectivity index (χ1v) is 6.23. The fourth-order valence-corrected chi connectivity index (χ4v) is 2.22. The second kappa shape index (κ2) is 5.02. The van der Waals surface area contributed by atoms with Crippen LogP contribution >= 0.6 is 0 Å². The fraction of sp³-hybridized carbons (Fsp3) is 0.615. The van der Waals surface area contributed by atoms with Crippen LogP contribution in [0.4, 0.5) is 5.82 Å². The molecule has 1 unspecified atom stereocenters. The second-order valence-corrected chi connectivity index (χ2v) is 5.07. The highest BCUT2D eigenvalue weighted by molar-refractivity contribution is 5.39. The molecule has 4 nitrogen and oxygen atoms in total. The maximum absolute atomic E-state index is 10.0. The lowest BCUT2D eigenvalue weighted by molar-refractivity contribution is 0.0481. The minimum Gasteiger partial charge on any atom is -0.390 e. The van der Waals surface area contributed by atoms with Crippen LogP contribution in [0.15, 0.2) is 18.3 Å². The summed E-state index contributed by atoms with van der Waals surface area (Å²) in [7, 11) is 0. The first kappa shape index (κ1) is 12.3. The molecule has 0 bridgehead atoms. The normalized spacial score (nSPS) is 25.7. The maximum atomic E-state index is 10.0. The van der Waals surface area contributed by atoms with E-state index in [1.54, 1.807) is 0 Å². The molecule has 1 fully saturated rings. The van der Waals surface area contributed by atoms with Crippen LogP contribution in [0.25, 0.3) is 0 Å². The first-order chi connectivity index (χ1) is 8.11. The van der Waals surface area contributed by atoms with Gasteiger partial charge < -0.3 is 15.7 Å². The number of hydrogen-bond acceptors (Lipinski definition) is 4. The predicted molar refractivity (Wildman–Crippen MR) is 68.8 cm³/mol. The molecule has 0 aliphatic carbocycles. The Hall–Kier alpha value is -1.13. The van der Waals surface area contributed by atoms with Crippen LogP contribution in [0.5, 0.6) is 0 Å². The molecule has 2 heterocycles. The zero-order valence-electron chi connectivity index (χ0n) is 10.4. The summed E-state index contributed by atoms with van der Waals surface area (Å²) in [6, 6.07) is 4.04. The SMILES string of the molecule is CC1(O)CCCN(c2ccc(CN)cn2)CC1. The third-order valence-electron chi connectivity index (χ3n) is 3.43. The van der Waals surface area contributed by atoms with E-state index in [0.717, 1.165) is 43.7 Å². The molecule has 1 atom stereocenters. The van der Waals surface area contributed by atoms with Gasteiger partial charge in [0.15, 0.2) is 0 Å². The number of pyridine rings is 1. The van der Waals surface area contributed by atoms with Crippen LogP contribution in [0.3, 0.4) is 0 Å². The first-order valence-electron chi connectivity index (χ1n) is 6.23. The van der Waals surface area contributed by atoms with E-state index in [4.69, 9.17) is 5.73 Å². The van der Waals surface area contributed by atoms with Crippen LogP contribution in [-0.2, 0) is 6.54 Å².